The van der Waals surface area contributed by atoms with E-state index in [1.54, 1.807) is 24.8 Å². The molecule has 0 spiro atoms. The third-order valence-electron chi connectivity index (χ3n) is 15.8. The summed E-state index contributed by atoms with van der Waals surface area (Å²) >= 11 is 0. The van der Waals surface area contributed by atoms with E-state index in [0.717, 1.165) is 22.3 Å². The fourth-order valence-corrected chi connectivity index (χ4v) is 10.9. The Labute approximate surface area is 523 Å². The molecule has 8 aromatic rings. The molecule has 0 saturated carbocycles. The van der Waals surface area contributed by atoms with Crippen molar-refractivity contribution in [3.8, 4) is 0 Å². The summed E-state index contributed by atoms with van der Waals surface area (Å²) in [5.41, 5.74) is 7.44. The van der Waals surface area contributed by atoms with Crippen LogP contribution in [0.25, 0.3) is 44.1 Å². The molecule has 4 aliphatic heterocycles. The number of aromatic nitrogens is 12. The molecule has 12 heterocycles. The number of aliphatic hydroxyl groups excluding tert-OH is 9. The minimum atomic E-state index is -1.79. The molecule has 4 fully saturated rings. The van der Waals surface area contributed by atoms with Crippen molar-refractivity contribution in [1.82, 2.24) is 79.4 Å². The molecular formula is C56H76N16O21. The third kappa shape index (κ3) is 19.3. The first kappa shape index (κ1) is 71.5. The van der Waals surface area contributed by atoms with E-state index in [4.69, 9.17) is 46.0 Å². The summed E-state index contributed by atoms with van der Waals surface area (Å²) in [6.45, 7) is 7.06. The number of carbonyl (C=O) groups is 4. The summed E-state index contributed by atoms with van der Waals surface area (Å²) in [5, 5.41) is 116. The van der Waals surface area contributed by atoms with Gasteiger partial charge in [-0.1, -0.05) is 0 Å². The number of likely N-dealkylation sites (tertiary alicyclic amines) is 4. The molecule has 506 valence electrons. The zero-order valence-corrected chi connectivity index (χ0v) is 49.9. The van der Waals surface area contributed by atoms with Crippen LogP contribution in [-0.2, 0) is 45.4 Å². The smallest absolute Gasteiger partial charge is 0.333 e. The van der Waals surface area contributed by atoms with Crippen LogP contribution in [0.4, 0.5) is 0 Å². The van der Waals surface area contributed by atoms with E-state index >= 15 is 0 Å². The minimum Gasteiger partial charge on any atom is -0.481 e. The number of fused-ring (bicyclic) bond motifs is 4. The molecular weight excluding hydrogens is 1230 g/mol. The minimum absolute atomic E-state index is 0.0104. The van der Waals surface area contributed by atoms with E-state index in [-0.39, 0.29) is 85.2 Å². The number of hydrogen-bond acceptors (Lipinski definition) is 25. The number of hydrogen-bond donors (Lipinski definition) is 21. The molecule has 4 saturated heterocycles. The highest BCUT2D eigenvalue weighted by Gasteiger charge is 2.34. The number of aliphatic hydroxyl groups is 9. The van der Waals surface area contributed by atoms with Crippen molar-refractivity contribution in [3.05, 3.63) is 114 Å². The van der Waals surface area contributed by atoms with Crippen molar-refractivity contribution < 1.29 is 85.6 Å². The number of nitrogens with zero attached hydrogens (tertiary/aromatic N) is 8. The number of H-pyrrole nitrogens is 8. The Morgan fingerprint density at radius 1 is 0.398 bits per heavy atom. The lowest BCUT2D eigenvalue weighted by Crippen LogP contribution is -2.22. The van der Waals surface area contributed by atoms with Gasteiger partial charge in [-0.3, -0.25) is 53.2 Å². The fraction of sp³-hybridized carbons (Fsp3) is 0.500. The average molecular weight is 1310 g/mol. The molecule has 12 rings (SSSR count). The van der Waals surface area contributed by atoms with Crippen LogP contribution in [0, 0.1) is 23.7 Å². The number of aromatic amines is 8. The number of carboxylic acids is 4. The largest absolute Gasteiger partial charge is 0.481 e. The van der Waals surface area contributed by atoms with Crippen LogP contribution in [0.2, 0.25) is 0 Å². The summed E-state index contributed by atoms with van der Waals surface area (Å²) in [6.07, 6.45) is 7.51. The summed E-state index contributed by atoms with van der Waals surface area (Å²) in [5.74, 6) is -5.38. The average Bonchev–Trinajstić information content (AvgIpc) is 1.70. The maximum atomic E-state index is 11.6. The highest BCUT2D eigenvalue weighted by Crippen LogP contribution is 2.25. The van der Waals surface area contributed by atoms with Gasteiger partial charge in [-0.05, 0) is 0 Å². The van der Waals surface area contributed by atoms with Gasteiger partial charge in [0.05, 0.1) is 91.1 Å². The summed E-state index contributed by atoms with van der Waals surface area (Å²) in [4.78, 5) is 132. The molecule has 0 aromatic carbocycles. The van der Waals surface area contributed by atoms with Crippen LogP contribution >= 0.6 is 0 Å². The van der Waals surface area contributed by atoms with Crippen molar-refractivity contribution in [1.29, 1.82) is 0 Å². The third-order valence-corrected chi connectivity index (χ3v) is 15.8. The van der Waals surface area contributed by atoms with Gasteiger partial charge < -0.3 is 106 Å². The van der Waals surface area contributed by atoms with Crippen LogP contribution in [-0.4, -0.2) is 279 Å². The van der Waals surface area contributed by atoms with Crippen LogP contribution in [0.1, 0.15) is 41.5 Å². The number of carboxylic acid groups (broad SMARTS) is 4. The van der Waals surface area contributed by atoms with Crippen LogP contribution in [0.3, 0.4) is 0 Å². The lowest BCUT2D eigenvalue weighted by atomic mass is 10.1. The molecule has 21 N–H and O–H groups in total. The van der Waals surface area contributed by atoms with Crippen molar-refractivity contribution >= 4 is 68.0 Å². The second kappa shape index (κ2) is 33.6. The van der Waals surface area contributed by atoms with Gasteiger partial charge in [0.25, 0.3) is 22.2 Å². The summed E-state index contributed by atoms with van der Waals surface area (Å²) in [6, 6.07) is 0. The van der Waals surface area contributed by atoms with Gasteiger partial charge in [0.2, 0.25) is 0 Å². The van der Waals surface area contributed by atoms with Crippen LogP contribution < -0.4 is 22.2 Å². The van der Waals surface area contributed by atoms with E-state index in [1.165, 1.54) is 25.3 Å². The first-order valence-electron chi connectivity index (χ1n) is 29.2. The lowest BCUT2D eigenvalue weighted by molar-refractivity contribution is -0.152. The first-order chi connectivity index (χ1) is 44.4. The molecule has 0 radical (unpaired) electrons. The Balaban J connectivity index is 0.000000162. The van der Waals surface area contributed by atoms with E-state index < -0.39 is 60.8 Å². The number of nitrogens with one attached hydrogen (secondary N) is 8. The molecule has 4 aliphatic rings. The Morgan fingerprint density at radius 2 is 0.634 bits per heavy atom. The van der Waals surface area contributed by atoms with E-state index in [0.29, 0.717) is 123 Å². The Bertz CT molecular complexity index is 3550. The number of aliphatic carboxylic acids is 4. The Hall–Kier alpha value is -8.96. The molecule has 0 bridgehead atoms. The molecule has 0 amide bonds. The maximum Gasteiger partial charge on any atom is 0.333 e. The Morgan fingerprint density at radius 3 is 0.806 bits per heavy atom. The predicted molar refractivity (Wildman–Crippen MR) is 325 cm³/mol. The van der Waals surface area contributed by atoms with E-state index in [2.05, 4.69) is 79.4 Å². The molecule has 0 unspecified atom stereocenters. The lowest BCUT2D eigenvalue weighted by Gasteiger charge is -2.13. The van der Waals surface area contributed by atoms with Crippen molar-refractivity contribution in [2.45, 2.75) is 76.0 Å². The van der Waals surface area contributed by atoms with Gasteiger partial charge in [-0.15, -0.1) is 0 Å². The fourth-order valence-electron chi connectivity index (χ4n) is 10.9. The zero-order valence-electron chi connectivity index (χ0n) is 49.9. The van der Waals surface area contributed by atoms with Gasteiger partial charge in [0.1, 0.15) is 22.1 Å². The normalized spacial score (nSPS) is 21.8. The van der Waals surface area contributed by atoms with Gasteiger partial charge in [0.15, 0.2) is 6.10 Å². The van der Waals surface area contributed by atoms with E-state index in [1.807, 2.05) is 0 Å². The van der Waals surface area contributed by atoms with Gasteiger partial charge in [-0.2, -0.15) is 0 Å². The molecule has 8 aromatic heterocycles. The number of rotatable bonds is 18. The number of β-amino-alcohol motifs (C(OH)–C–C–N with tert-alkyl or cyclic N) is 4. The van der Waals surface area contributed by atoms with E-state index in [9.17, 15) is 58.8 Å². The molecule has 93 heavy (non-hydrogen) atoms. The van der Waals surface area contributed by atoms with Crippen LogP contribution in [0.5, 0.6) is 0 Å². The monoisotopic (exact) mass is 1310 g/mol. The maximum absolute atomic E-state index is 11.6. The summed E-state index contributed by atoms with van der Waals surface area (Å²) < 4.78 is 0. The standard InChI is InChI=1S/4C12H16N4O3.C4H6O5.C4H6O4/c4*17-5-8-3-16(4-9(8)18)2-7-1-13-11-10(7)14-6-15-12(11)19;5-2(4(8)9)1-3(6)7;5-3(6)1-2-4(7)8/h4*1,6,8-9,13,17-18H,2-5H2,(H,14,15,19);2,5H,1H2,(H,6,7)(H,8,9);1-2H2,(H,5,6)(H,7,8)/t4*8-,9+;2-;/m11110./s1. The second-order valence-corrected chi connectivity index (χ2v) is 22.6. The molecule has 9 atom stereocenters. The Kier molecular flexibility index (Phi) is 25.8. The molecule has 0 aliphatic carbocycles. The van der Waals surface area contributed by atoms with Gasteiger partial charge >= 0.3 is 23.9 Å². The highest BCUT2D eigenvalue weighted by atomic mass is 16.4. The second-order valence-electron chi connectivity index (χ2n) is 22.6. The quantitative estimate of drug-likeness (QED) is 0.0382. The van der Waals surface area contributed by atoms with Crippen LogP contribution in [0.15, 0.2) is 69.3 Å². The first-order valence-corrected chi connectivity index (χ1v) is 29.2. The molecule has 37 nitrogen and oxygen atoms in total. The van der Waals surface area contributed by atoms with Gasteiger partial charge in [0, 0.05) is 176 Å². The SMILES string of the molecule is O=C(O)CCC(=O)O.O=C(O)C[C@H](O)C(=O)O.O=c1[nH]cnc2c(CN3C[C@H](CO)[C@@H](O)C3)c[nH]c12.O=c1[nH]cnc2c(CN3C[C@H](CO)[C@@H](O)C3)c[nH]c12.O=c1[nH]cnc2c(CN3C[C@H](CO)[C@@H](O)C3)c[nH]c12.O=c1[nH]cnc2c(CN3C[C@H](CO)[C@@H](O)C3)c[nH]c12. The van der Waals surface area contributed by atoms with Gasteiger partial charge in [-0.25, -0.2) is 24.7 Å². The van der Waals surface area contributed by atoms with Crippen molar-refractivity contribution in [2.24, 2.45) is 23.7 Å². The highest BCUT2D eigenvalue weighted by molar-refractivity contribution is 5.81. The van der Waals surface area contributed by atoms with Crippen molar-refractivity contribution in [2.75, 3.05) is 78.8 Å². The summed E-state index contributed by atoms with van der Waals surface area (Å²) in [7, 11) is 0. The zero-order chi connectivity index (χ0) is 67.6. The molecule has 37 heteroatoms. The topological polar surface area (TPSA) is 590 Å². The van der Waals surface area contributed by atoms with Crippen molar-refractivity contribution in [3.63, 3.8) is 0 Å². The predicted octanol–water partition coefficient (Wildman–Crippen LogP) is -5.01.